The summed E-state index contributed by atoms with van der Waals surface area (Å²) in [5.74, 6) is 1.93. The van der Waals surface area contributed by atoms with Gasteiger partial charge in [-0.2, -0.15) is 0 Å². The summed E-state index contributed by atoms with van der Waals surface area (Å²) >= 11 is 1.84. The average Bonchev–Trinajstić information content (AvgIpc) is 2.39. The highest BCUT2D eigenvalue weighted by Gasteiger charge is 1.98. The van der Waals surface area contributed by atoms with Crippen molar-refractivity contribution in [3.05, 3.63) is 54.2 Å². The van der Waals surface area contributed by atoms with Gasteiger partial charge in [-0.05, 0) is 36.8 Å². The van der Waals surface area contributed by atoms with Crippen molar-refractivity contribution in [2.24, 2.45) is 0 Å². The van der Waals surface area contributed by atoms with E-state index in [1.54, 1.807) is 0 Å². The SMILES string of the molecule is CCNc1cc(CSc2ccccc2)ccn1. The fourth-order valence-electron chi connectivity index (χ4n) is 1.53. The molecule has 0 aliphatic carbocycles. The minimum Gasteiger partial charge on any atom is -0.370 e. The van der Waals surface area contributed by atoms with Gasteiger partial charge in [0.05, 0.1) is 0 Å². The molecule has 1 N–H and O–H groups in total. The molecule has 0 unspecified atom stereocenters. The van der Waals surface area contributed by atoms with E-state index in [2.05, 4.69) is 53.6 Å². The van der Waals surface area contributed by atoms with E-state index in [1.165, 1.54) is 10.5 Å². The number of hydrogen-bond acceptors (Lipinski definition) is 3. The van der Waals surface area contributed by atoms with Crippen LogP contribution in [0, 0.1) is 0 Å². The number of benzene rings is 1. The second kappa shape index (κ2) is 6.30. The van der Waals surface area contributed by atoms with Crippen molar-refractivity contribution >= 4 is 17.6 Å². The predicted octanol–water partition coefficient (Wildman–Crippen LogP) is 3.81. The van der Waals surface area contributed by atoms with E-state index in [0.29, 0.717) is 0 Å². The normalized spacial score (nSPS) is 10.2. The van der Waals surface area contributed by atoms with E-state index in [4.69, 9.17) is 0 Å². The first-order valence-electron chi connectivity index (χ1n) is 5.75. The summed E-state index contributed by atoms with van der Waals surface area (Å²) in [5.41, 5.74) is 1.30. The fraction of sp³-hybridized carbons (Fsp3) is 0.214. The highest BCUT2D eigenvalue weighted by atomic mass is 32.2. The molecule has 1 aromatic heterocycles. The van der Waals surface area contributed by atoms with Crippen LogP contribution >= 0.6 is 11.8 Å². The van der Waals surface area contributed by atoms with Crippen molar-refractivity contribution in [2.75, 3.05) is 11.9 Å². The number of anilines is 1. The summed E-state index contributed by atoms with van der Waals surface area (Å²) < 4.78 is 0. The molecule has 2 nitrogen and oxygen atoms in total. The molecule has 0 fully saturated rings. The van der Waals surface area contributed by atoms with Crippen LogP contribution in [0.25, 0.3) is 0 Å². The molecule has 2 aromatic rings. The predicted molar refractivity (Wildman–Crippen MR) is 74.4 cm³/mol. The molecule has 2 rings (SSSR count). The van der Waals surface area contributed by atoms with Crippen LogP contribution < -0.4 is 5.32 Å². The summed E-state index contributed by atoms with van der Waals surface area (Å²) in [4.78, 5) is 5.56. The smallest absolute Gasteiger partial charge is 0.126 e. The third-order valence-corrected chi connectivity index (χ3v) is 3.41. The molecule has 17 heavy (non-hydrogen) atoms. The average molecular weight is 244 g/mol. The molecule has 88 valence electrons. The Labute approximate surface area is 106 Å². The number of rotatable bonds is 5. The van der Waals surface area contributed by atoms with Gasteiger partial charge in [0.15, 0.2) is 0 Å². The second-order valence-electron chi connectivity index (χ2n) is 3.68. The van der Waals surface area contributed by atoms with Gasteiger partial charge >= 0.3 is 0 Å². The number of nitrogens with one attached hydrogen (secondary N) is 1. The van der Waals surface area contributed by atoms with Crippen LogP contribution in [0.5, 0.6) is 0 Å². The van der Waals surface area contributed by atoms with Crippen molar-refractivity contribution in [3.8, 4) is 0 Å². The van der Waals surface area contributed by atoms with Crippen LogP contribution in [-0.2, 0) is 5.75 Å². The van der Waals surface area contributed by atoms with Gasteiger partial charge in [0.1, 0.15) is 5.82 Å². The van der Waals surface area contributed by atoms with Gasteiger partial charge in [0.25, 0.3) is 0 Å². The molecule has 0 bridgehead atoms. The van der Waals surface area contributed by atoms with Crippen LogP contribution in [0.3, 0.4) is 0 Å². The Hall–Kier alpha value is -1.48. The lowest BCUT2D eigenvalue weighted by atomic mass is 10.3. The third kappa shape index (κ3) is 3.79. The quantitative estimate of drug-likeness (QED) is 0.810. The van der Waals surface area contributed by atoms with Crippen LogP contribution in [-0.4, -0.2) is 11.5 Å². The molecule has 0 saturated heterocycles. The van der Waals surface area contributed by atoms with Gasteiger partial charge in [0, 0.05) is 23.4 Å². The zero-order valence-corrected chi connectivity index (χ0v) is 10.7. The number of nitrogens with zero attached hydrogens (tertiary/aromatic N) is 1. The standard InChI is InChI=1S/C14H16N2S/c1-2-15-14-10-12(8-9-16-14)11-17-13-6-4-3-5-7-13/h3-10H,2,11H2,1H3,(H,15,16). The maximum Gasteiger partial charge on any atom is 0.126 e. The minimum atomic E-state index is 0.905. The van der Waals surface area contributed by atoms with E-state index in [1.807, 2.05) is 24.0 Å². The van der Waals surface area contributed by atoms with Gasteiger partial charge < -0.3 is 5.32 Å². The highest BCUT2D eigenvalue weighted by Crippen LogP contribution is 2.22. The minimum absolute atomic E-state index is 0.905. The van der Waals surface area contributed by atoms with E-state index in [-0.39, 0.29) is 0 Å². The maximum atomic E-state index is 4.26. The Kier molecular flexibility index (Phi) is 4.45. The topological polar surface area (TPSA) is 24.9 Å². The molecule has 0 saturated carbocycles. The first-order chi connectivity index (χ1) is 8.38. The highest BCUT2D eigenvalue weighted by molar-refractivity contribution is 7.98. The number of pyridine rings is 1. The van der Waals surface area contributed by atoms with E-state index >= 15 is 0 Å². The third-order valence-electron chi connectivity index (χ3n) is 2.33. The van der Waals surface area contributed by atoms with Crippen LogP contribution in [0.1, 0.15) is 12.5 Å². The summed E-state index contributed by atoms with van der Waals surface area (Å²) in [6.45, 7) is 2.98. The number of thioether (sulfide) groups is 1. The summed E-state index contributed by atoms with van der Waals surface area (Å²) in [6.07, 6.45) is 1.86. The molecule has 0 aliphatic heterocycles. The summed E-state index contributed by atoms with van der Waals surface area (Å²) in [6, 6.07) is 14.6. The van der Waals surface area contributed by atoms with Crippen molar-refractivity contribution in [3.63, 3.8) is 0 Å². The molecule has 0 spiro atoms. The molecule has 0 atom stereocenters. The van der Waals surface area contributed by atoms with Gasteiger partial charge in [-0.25, -0.2) is 4.98 Å². The molecular formula is C14H16N2S. The zero-order valence-electron chi connectivity index (χ0n) is 9.89. The Morgan fingerprint density at radius 2 is 2.00 bits per heavy atom. The van der Waals surface area contributed by atoms with Crippen LogP contribution in [0.2, 0.25) is 0 Å². The van der Waals surface area contributed by atoms with E-state index in [0.717, 1.165) is 18.1 Å². The molecule has 0 aliphatic rings. The van der Waals surface area contributed by atoms with Crippen molar-refractivity contribution in [1.29, 1.82) is 0 Å². The van der Waals surface area contributed by atoms with Crippen LogP contribution in [0.15, 0.2) is 53.6 Å². The lowest BCUT2D eigenvalue weighted by Gasteiger charge is -2.05. The summed E-state index contributed by atoms with van der Waals surface area (Å²) in [7, 11) is 0. The van der Waals surface area contributed by atoms with Gasteiger partial charge in [-0.3, -0.25) is 0 Å². The number of hydrogen-bond donors (Lipinski definition) is 1. The Morgan fingerprint density at radius 3 is 2.76 bits per heavy atom. The van der Waals surface area contributed by atoms with Crippen molar-refractivity contribution in [1.82, 2.24) is 4.98 Å². The Bertz CT molecular complexity index is 457. The molecule has 0 amide bonds. The van der Waals surface area contributed by atoms with Crippen LogP contribution in [0.4, 0.5) is 5.82 Å². The van der Waals surface area contributed by atoms with E-state index < -0.39 is 0 Å². The molecule has 1 aromatic carbocycles. The first kappa shape index (κ1) is 12.0. The molecule has 3 heteroatoms. The van der Waals surface area contributed by atoms with E-state index in [9.17, 15) is 0 Å². The fourth-order valence-corrected chi connectivity index (χ4v) is 2.39. The zero-order chi connectivity index (χ0) is 11.9. The monoisotopic (exact) mass is 244 g/mol. The lowest BCUT2D eigenvalue weighted by molar-refractivity contribution is 1.15. The van der Waals surface area contributed by atoms with Gasteiger partial charge in [-0.1, -0.05) is 18.2 Å². The van der Waals surface area contributed by atoms with Crippen molar-refractivity contribution < 1.29 is 0 Å². The lowest BCUT2D eigenvalue weighted by Crippen LogP contribution is -1.99. The molecule has 1 heterocycles. The first-order valence-corrected chi connectivity index (χ1v) is 6.73. The largest absolute Gasteiger partial charge is 0.370 e. The summed E-state index contributed by atoms with van der Waals surface area (Å²) in [5, 5.41) is 3.23. The Balaban J connectivity index is 1.97. The van der Waals surface area contributed by atoms with Gasteiger partial charge in [-0.15, -0.1) is 11.8 Å². The molecular weight excluding hydrogens is 228 g/mol. The second-order valence-corrected chi connectivity index (χ2v) is 4.73. The van der Waals surface area contributed by atoms with Crippen molar-refractivity contribution in [2.45, 2.75) is 17.6 Å². The molecule has 0 radical (unpaired) electrons. The number of aromatic nitrogens is 1. The maximum absolute atomic E-state index is 4.26. The Morgan fingerprint density at radius 1 is 1.18 bits per heavy atom. The van der Waals surface area contributed by atoms with Gasteiger partial charge in [0.2, 0.25) is 0 Å².